The maximum atomic E-state index is 12.5. The van der Waals surface area contributed by atoms with Crippen molar-refractivity contribution in [3.8, 4) is 0 Å². The molecule has 10 heteroatoms. The number of benzene rings is 1. The molecule has 1 aromatic carbocycles. The zero-order valence-corrected chi connectivity index (χ0v) is 14.7. The third kappa shape index (κ3) is 5.65. The Morgan fingerprint density at radius 1 is 1.31 bits per heavy atom. The van der Waals surface area contributed by atoms with Gasteiger partial charge in [-0.1, -0.05) is 11.8 Å². The molecule has 1 fully saturated rings. The van der Waals surface area contributed by atoms with Crippen LogP contribution in [0.3, 0.4) is 0 Å². The fourth-order valence-electron chi connectivity index (χ4n) is 2.15. The van der Waals surface area contributed by atoms with E-state index in [0.717, 1.165) is 24.3 Å². The summed E-state index contributed by atoms with van der Waals surface area (Å²) in [7, 11) is 0. The third-order valence-electron chi connectivity index (χ3n) is 3.59. The van der Waals surface area contributed by atoms with E-state index in [4.69, 9.17) is 4.74 Å². The topological polar surface area (TPSA) is 75.7 Å². The first-order chi connectivity index (χ1) is 12.2. The van der Waals surface area contributed by atoms with Crippen molar-refractivity contribution in [2.75, 3.05) is 24.2 Å². The van der Waals surface area contributed by atoms with E-state index in [-0.39, 0.29) is 23.9 Å². The van der Waals surface area contributed by atoms with Gasteiger partial charge in [-0.05, 0) is 31.2 Å². The Hall–Kier alpha value is -2.23. The van der Waals surface area contributed by atoms with E-state index in [1.807, 2.05) is 0 Å². The fraction of sp³-hybridized carbons (Fsp3) is 0.438. The summed E-state index contributed by atoms with van der Waals surface area (Å²) in [4.78, 5) is 36.7. The maximum Gasteiger partial charge on any atom is 0.416 e. The standard InChI is InChI=1S/C16H17F3N2O4S/c1-10(25-13(22)6-7-21-8-9-26-15(21)24)14(23)20-12-4-2-11(3-5-12)16(17,18)19/h2-5,10H,6-9H2,1H3,(H,20,23). The van der Waals surface area contributed by atoms with Crippen LogP contribution in [0.1, 0.15) is 18.9 Å². The maximum absolute atomic E-state index is 12.5. The molecule has 1 aliphatic rings. The Morgan fingerprint density at radius 2 is 1.96 bits per heavy atom. The number of nitrogens with zero attached hydrogens (tertiary/aromatic N) is 1. The van der Waals surface area contributed by atoms with Gasteiger partial charge in [0, 0.05) is 24.5 Å². The fourth-order valence-corrected chi connectivity index (χ4v) is 3.00. The summed E-state index contributed by atoms with van der Waals surface area (Å²) in [6, 6.07) is 3.92. The predicted octanol–water partition coefficient (Wildman–Crippen LogP) is 3.13. The molecule has 1 aliphatic heterocycles. The Bertz CT molecular complexity index is 679. The number of amides is 2. The molecule has 142 valence electrons. The van der Waals surface area contributed by atoms with Crippen molar-refractivity contribution >= 4 is 34.6 Å². The number of carbonyl (C=O) groups is 3. The van der Waals surface area contributed by atoms with E-state index in [0.29, 0.717) is 12.3 Å². The highest BCUT2D eigenvalue weighted by Crippen LogP contribution is 2.29. The van der Waals surface area contributed by atoms with Crippen LogP contribution in [0, 0.1) is 0 Å². The minimum Gasteiger partial charge on any atom is -0.452 e. The zero-order valence-electron chi connectivity index (χ0n) is 13.8. The van der Waals surface area contributed by atoms with Gasteiger partial charge in [-0.2, -0.15) is 13.2 Å². The lowest BCUT2D eigenvalue weighted by molar-refractivity contribution is -0.153. The second-order valence-corrected chi connectivity index (χ2v) is 6.59. The average Bonchev–Trinajstić information content (AvgIpc) is 2.97. The number of thioether (sulfide) groups is 1. The first kappa shape index (κ1) is 20.1. The molecule has 0 radical (unpaired) electrons. The Kier molecular flexibility index (Phi) is 6.52. The molecular weight excluding hydrogens is 373 g/mol. The normalized spacial score (nSPS) is 15.7. The molecule has 0 aromatic heterocycles. The van der Waals surface area contributed by atoms with Gasteiger partial charge >= 0.3 is 12.1 Å². The van der Waals surface area contributed by atoms with Gasteiger partial charge in [0.1, 0.15) is 0 Å². The average molecular weight is 390 g/mol. The van der Waals surface area contributed by atoms with Crippen molar-refractivity contribution in [1.82, 2.24) is 4.90 Å². The van der Waals surface area contributed by atoms with Crippen LogP contribution in [0.25, 0.3) is 0 Å². The second kappa shape index (κ2) is 8.43. The van der Waals surface area contributed by atoms with Crippen LogP contribution < -0.4 is 5.32 Å². The molecule has 0 spiro atoms. The number of hydrogen-bond donors (Lipinski definition) is 1. The number of hydrogen-bond acceptors (Lipinski definition) is 5. The molecule has 2 rings (SSSR count). The molecule has 1 N–H and O–H groups in total. The van der Waals surface area contributed by atoms with Crippen LogP contribution >= 0.6 is 11.8 Å². The van der Waals surface area contributed by atoms with Crippen molar-refractivity contribution in [3.05, 3.63) is 29.8 Å². The lowest BCUT2D eigenvalue weighted by atomic mass is 10.2. The largest absolute Gasteiger partial charge is 0.452 e. The Labute approximate surface area is 152 Å². The molecule has 0 aliphatic carbocycles. The molecule has 0 saturated carbocycles. The van der Waals surface area contributed by atoms with E-state index in [9.17, 15) is 27.6 Å². The van der Waals surface area contributed by atoms with Gasteiger partial charge in [0.05, 0.1) is 12.0 Å². The molecule has 0 bridgehead atoms. The van der Waals surface area contributed by atoms with Crippen LogP contribution in [-0.2, 0) is 20.5 Å². The quantitative estimate of drug-likeness (QED) is 0.756. The summed E-state index contributed by atoms with van der Waals surface area (Å²) in [5.41, 5.74) is -0.671. The molecule has 1 atom stereocenters. The van der Waals surface area contributed by atoms with Gasteiger partial charge in [0.15, 0.2) is 6.10 Å². The van der Waals surface area contributed by atoms with Crippen LogP contribution in [0.4, 0.5) is 23.7 Å². The highest BCUT2D eigenvalue weighted by atomic mass is 32.2. The number of alkyl halides is 3. The highest BCUT2D eigenvalue weighted by molar-refractivity contribution is 8.13. The van der Waals surface area contributed by atoms with E-state index in [1.165, 1.54) is 23.6 Å². The first-order valence-corrected chi connectivity index (χ1v) is 8.74. The third-order valence-corrected chi connectivity index (χ3v) is 4.48. The number of rotatable bonds is 6. The SMILES string of the molecule is CC(OC(=O)CCN1CCSC1=O)C(=O)Nc1ccc(C(F)(F)F)cc1. The Morgan fingerprint density at radius 3 is 2.50 bits per heavy atom. The molecule has 1 unspecified atom stereocenters. The zero-order chi connectivity index (χ0) is 19.3. The van der Waals surface area contributed by atoms with Crippen LogP contribution in [0.15, 0.2) is 24.3 Å². The molecule has 1 heterocycles. The summed E-state index contributed by atoms with van der Waals surface area (Å²) < 4.78 is 42.5. The van der Waals surface area contributed by atoms with Crippen molar-refractivity contribution in [3.63, 3.8) is 0 Å². The number of anilines is 1. The van der Waals surface area contributed by atoms with Gasteiger partial charge in [-0.25, -0.2) is 0 Å². The van der Waals surface area contributed by atoms with Gasteiger partial charge in [-0.15, -0.1) is 0 Å². The van der Waals surface area contributed by atoms with Crippen LogP contribution in [-0.4, -0.2) is 47.0 Å². The molecule has 1 aromatic rings. The minimum absolute atomic E-state index is 0.0375. The van der Waals surface area contributed by atoms with Crippen molar-refractivity contribution < 1.29 is 32.3 Å². The summed E-state index contributed by atoms with van der Waals surface area (Å²) in [6.07, 6.45) is -5.61. The summed E-state index contributed by atoms with van der Waals surface area (Å²) in [5.74, 6) is -0.615. The van der Waals surface area contributed by atoms with Gasteiger partial charge in [-0.3, -0.25) is 14.4 Å². The predicted molar refractivity (Wildman–Crippen MR) is 89.7 cm³/mol. The van der Waals surface area contributed by atoms with E-state index in [1.54, 1.807) is 0 Å². The number of carbonyl (C=O) groups excluding carboxylic acids is 3. The lowest BCUT2D eigenvalue weighted by Crippen LogP contribution is -2.32. The van der Waals surface area contributed by atoms with Gasteiger partial charge in [0.25, 0.3) is 11.1 Å². The highest BCUT2D eigenvalue weighted by Gasteiger charge is 2.30. The monoisotopic (exact) mass is 390 g/mol. The number of esters is 1. The van der Waals surface area contributed by atoms with Crippen LogP contribution in [0.2, 0.25) is 0 Å². The lowest BCUT2D eigenvalue weighted by Gasteiger charge is -2.16. The summed E-state index contributed by atoms with van der Waals surface area (Å²) in [6.45, 7) is 2.15. The van der Waals surface area contributed by atoms with Gasteiger partial charge < -0.3 is 15.0 Å². The number of ether oxygens (including phenoxy) is 1. The summed E-state index contributed by atoms with van der Waals surface area (Å²) in [5, 5.41) is 2.29. The summed E-state index contributed by atoms with van der Waals surface area (Å²) >= 11 is 1.18. The molecule has 2 amide bonds. The first-order valence-electron chi connectivity index (χ1n) is 7.76. The van der Waals surface area contributed by atoms with Crippen molar-refractivity contribution in [1.29, 1.82) is 0 Å². The molecular formula is C16H17F3N2O4S. The molecule has 1 saturated heterocycles. The van der Waals surface area contributed by atoms with Crippen molar-refractivity contribution in [2.24, 2.45) is 0 Å². The minimum atomic E-state index is -4.46. The Balaban J connectivity index is 1.79. The van der Waals surface area contributed by atoms with E-state index < -0.39 is 29.7 Å². The number of nitrogens with one attached hydrogen (secondary N) is 1. The van der Waals surface area contributed by atoms with Gasteiger partial charge in [0.2, 0.25) is 0 Å². The van der Waals surface area contributed by atoms with Crippen LogP contribution in [0.5, 0.6) is 0 Å². The molecule has 6 nitrogen and oxygen atoms in total. The van der Waals surface area contributed by atoms with Crippen molar-refractivity contribution in [2.45, 2.75) is 25.6 Å². The smallest absolute Gasteiger partial charge is 0.416 e. The second-order valence-electron chi connectivity index (χ2n) is 5.55. The number of halogens is 3. The molecule has 26 heavy (non-hydrogen) atoms. The van der Waals surface area contributed by atoms with E-state index in [2.05, 4.69) is 5.32 Å². The van der Waals surface area contributed by atoms with E-state index >= 15 is 0 Å².